The molecule has 1 aromatic rings. The van der Waals surface area contributed by atoms with Crippen LogP contribution in [0.2, 0.25) is 0 Å². The molecule has 0 bridgehead atoms. The van der Waals surface area contributed by atoms with Gasteiger partial charge in [-0.1, -0.05) is 20.8 Å². The second-order valence-electron chi connectivity index (χ2n) is 5.39. The summed E-state index contributed by atoms with van der Waals surface area (Å²) >= 11 is 0. The normalized spacial score (nSPS) is 13.6. The van der Waals surface area contributed by atoms with Crippen LogP contribution in [0.25, 0.3) is 0 Å². The molecule has 0 saturated carbocycles. The van der Waals surface area contributed by atoms with Gasteiger partial charge in [0.2, 0.25) is 5.95 Å². The fourth-order valence-corrected chi connectivity index (χ4v) is 1.57. The van der Waals surface area contributed by atoms with E-state index in [1.165, 1.54) is 0 Å². The molecular weight excluding hydrogens is 200 g/mol. The molecule has 1 aromatic heterocycles. The Hall–Kier alpha value is -1.32. The summed E-state index contributed by atoms with van der Waals surface area (Å²) in [6, 6.07) is 0.375. The summed E-state index contributed by atoms with van der Waals surface area (Å²) in [4.78, 5) is 10.4. The molecule has 0 aromatic carbocycles. The predicted octanol–water partition coefficient (Wildman–Crippen LogP) is 2.24. The molecule has 0 aliphatic carbocycles. The highest BCUT2D eigenvalue weighted by Crippen LogP contribution is 2.27. The summed E-state index contributed by atoms with van der Waals surface area (Å²) in [5.41, 5.74) is 6.87. The van der Waals surface area contributed by atoms with Crippen molar-refractivity contribution in [2.75, 3.05) is 17.7 Å². The number of nitrogens with two attached hydrogens (primary N) is 1. The van der Waals surface area contributed by atoms with E-state index >= 15 is 0 Å². The third-order valence-electron chi connectivity index (χ3n) is 3.13. The van der Waals surface area contributed by atoms with Crippen molar-refractivity contribution in [3.63, 3.8) is 0 Å². The largest absolute Gasteiger partial charge is 0.368 e. The average Bonchev–Trinajstić information content (AvgIpc) is 2.18. The first kappa shape index (κ1) is 12.7. The van der Waals surface area contributed by atoms with Crippen molar-refractivity contribution in [1.82, 2.24) is 9.97 Å². The first-order chi connectivity index (χ1) is 7.23. The van der Waals surface area contributed by atoms with Gasteiger partial charge in [0, 0.05) is 24.8 Å². The Labute approximate surface area is 97.9 Å². The van der Waals surface area contributed by atoms with Crippen LogP contribution in [0.3, 0.4) is 0 Å². The maximum Gasteiger partial charge on any atom is 0.221 e. The van der Waals surface area contributed by atoms with Crippen LogP contribution in [-0.4, -0.2) is 23.1 Å². The van der Waals surface area contributed by atoms with E-state index in [2.05, 4.69) is 42.6 Å². The number of rotatable bonds is 2. The number of nitrogen functional groups attached to an aromatic ring is 1. The Balaban J connectivity index is 3.05. The van der Waals surface area contributed by atoms with Gasteiger partial charge in [-0.3, -0.25) is 0 Å². The van der Waals surface area contributed by atoms with E-state index in [1.54, 1.807) is 6.20 Å². The predicted molar refractivity (Wildman–Crippen MR) is 68.5 cm³/mol. The van der Waals surface area contributed by atoms with Gasteiger partial charge in [-0.05, 0) is 19.3 Å². The Morgan fingerprint density at radius 3 is 2.44 bits per heavy atom. The summed E-state index contributed by atoms with van der Waals surface area (Å²) in [5, 5.41) is 0. The minimum Gasteiger partial charge on any atom is -0.368 e. The number of hydrogen-bond acceptors (Lipinski definition) is 4. The zero-order valence-electron chi connectivity index (χ0n) is 11.1. The van der Waals surface area contributed by atoms with Crippen molar-refractivity contribution in [2.24, 2.45) is 5.41 Å². The van der Waals surface area contributed by atoms with Gasteiger partial charge in [0.1, 0.15) is 5.82 Å². The minimum absolute atomic E-state index is 0.195. The second-order valence-corrected chi connectivity index (χ2v) is 5.39. The summed E-state index contributed by atoms with van der Waals surface area (Å²) < 4.78 is 0. The van der Waals surface area contributed by atoms with Crippen LogP contribution in [0.15, 0.2) is 6.20 Å². The lowest BCUT2D eigenvalue weighted by molar-refractivity contribution is 0.328. The van der Waals surface area contributed by atoms with Crippen molar-refractivity contribution >= 4 is 11.8 Å². The van der Waals surface area contributed by atoms with Crippen LogP contribution in [0, 0.1) is 12.3 Å². The van der Waals surface area contributed by atoms with Crippen molar-refractivity contribution in [3.05, 3.63) is 11.8 Å². The van der Waals surface area contributed by atoms with E-state index in [0.717, 1.165) is 11.4 Å². The topological polar surface area (TPSA) is 55.0 Å². The van der Waals surface area contributed by atoms with Crippen LogP contribution in [0.5, 0.6) is 0 Å². The van der Waals surface area contributed by atoms with Crippen molar-refractivity contribution in [1.29, 1.82) is 0 Å². The van der Waals surface area contributed by atoms with E-state index in [0.29, 0.717) is 12.0 Å². The number of hydrogen-bond donors (Lipinski definition) is 1. The number of anilines is 2. The molecule has 0 saturated heterocycles. The third-order valence-corrected chi connectivity index (χ3v) is 3.13. The molecule has 0 fully saturated rings. The monoisotopic (exact) mass is 222 g/mol. The van der Waals surface area contributed by atoms with Gasteiger partial charge in [-0.25, -0.2) is 4.98 Å². The molecule has 0 aliphatic rings. The lowest BCUT2D eigenvalue weighted by Crippen LogP contribution is -2.40. The zero-order valence-corrected chi connectivity index (χ0v) is 11.1. The molecule has 2 N–H and O–H groups in total. The van der Waals surface area contributed by atoms with Gasteiger partial charge in [-0.2, -0.15) is 4.98 Å². The van der Waals surface area contributed by atoms with Gasteiger partial charge >= 0.3 is 0 Å². The second kappa shape index (κ2) is 4.28. The Morgan fingerprint density at radius 2 is 1.94 bits per heavy atom. The fraction of sp³-hybridized carbons (Fsp3) is 0.667. The zero-order chi connectivity index (χ0) is 12.5. The summed E-state index contributed by atoms with van der Waals surface area (Å²) in [7, 11) is 2.05. The Kier molecular flexibility index (Phi) is 3.41. The SMILES string of the molecule is Cc1cnc(N)nc1N(C)C(C)C(C)(C)C. The van der Waals surface area contributed by atoms with Crippen LogP contribution < -0.4 is 10.6 Å². The van der Waals surface area contributed by atoms with Gasteiger partial charge in [0.15, 0.2) is 0 Å². The average molecular weight is 222 g/mol. The lowest BCUT2D eigenvalue weighted by atomic mass is 9.87. The summed E-state index contributed by atoms with van der Waals surface area (Å²) in [6.45, 7) is 10.8. The van der Waals surface area contributed by atoms with Crippen LogP contribution in [0.1, 0.15) is 33.3 Å². The van der Waals surface area contributed by atoms with Gasteiger partial charge < -0.3 is 10.6 Å². The summed E-state index contributed by atoms with van der Waals surface area (Å²) in [5.74, 6) is 1.24. The Bertz CT molecular complexity index is 368. The standard InChI is InChI=1S/C12H22N4/c1-8-7-14-11(13)15-10(8)16(6)9(2)12(3,4)5/h7,9H,1-6H3,(H2,13,14,15). The maximum absolute atomic E-state index is 5.63. The summed E-state index contributed by atoms with van der Waals surface area (Å²) in [6.07, 6.45) is 1.77. The molecule has 0 amide bonds. The van der Waals surface area contributed by atoms with E-state index < -0.39 is 0 Å². The third kappa shape index (κ3) is 2.62. The van der Waals surface area contributed by atoms with Crippen molar-refractivity contribution in [2.45, 2.75) is 40.7 Å². The highest BCUT2D eigenvalue weighted by Gasteiger charge is 2.25. The van der Waals surface area contributed by atoms with Gasteiger partial charge in [0.05, 0.1) is 0 Å². The number of aryl methyl sites for hydroxylation is 1. The molecule has 16 heavy (non-hydrogen) atoms. The molecule has 1 rings (SSSR count). The highest BCUT2D eigenvalue weighted by atomic mass is 15.2. The molecule has 4 nitrogen and oxygen atoms in total. The smallest absolute Gasteiger partial charge is 0.221 e. The number of nitrogens with zero attached hydrogens (tertiary/aromatic N) is 3. The molecule has 1 unspecified atom stereocenters. The molecule has 90 valence electrons. The van der Waals surface area contributed by atoms with Crippen LogP contribution in [-0.2, 0) is 0 Å². The van der Waals surface area contributed by atoms with E-state index in [-0.39, 0.29) is 5.41 Å². The maximum atomic E-state index is 5.63. The van der Waals surface area contributed by atoms with Gasteiger partial charge in [0.25, 0.3) is 0 Å². The highest BCUT2D eigenvalue weighted by molar-refractivity contribution is 5.48. The fourth-order valence-electron chi connectivity index (χ4n) is 1.57. The molecule has 0 spiro atoms. The lowest BCUT2D eigenvalue weighted by Gasteiger charge is -2.36. The van der Waals surface area contributed by atoms with Crippen LogP contribution in [0.4, 0.5) is 11.8 Å². The first-order valence-corrected chi connectivity index (χ1v) is 5.55. The molecule has 0 aliphatic heterocycles. The minimum atomic E-state index is 0.195. The Morgan fingerprint density at radius 1 is 1.38 bits per heavy atom. The van der Waals surface area contributed by atoms with Crippen LogP contribution >= 0.6 is 0 Å². The molecule has 4 heteroatoms. The quantitative estimate of drug-likeness (QED) is 0.833. The van der Waals surface area contributed by atoms with Gasteiger partial charge in [-0.15, -0.1) is 0 Å². The van der Waals surface area contributed by atoms with Crippen molar-refractivity contribution < 1.29 is 0 Å². The molecule has 0 radical (unpaired) electrons. The van der Waals surface area contributed by atoms with E-state index in [4.69, 9.17) is 5.73 Å². The van der Waals surface area contributed by atoms with E-state index in [1.807, 2.05) is 14.0 Å². The van der Waals surface area contributed by atoms with E-state index in [9.17, 15) is 0 Å². The first-order valence-electron chi connectivity index (χ1n) is 5.55. The molecule has 1 heterocycles. The molecule has 1 atom stereocenters. The van der Waals surface area contributed by atoms with Crippen molar-refractivity contribution in [3.8, 4) is 0 Å². The number of aromatic nitrogens is 2. The molecular formula is C12H22N4.